The van der Waals surface area contributed by atoms with E-state index in [0.29, 0.717) is 0 Å². The Kier molecular flexibility index (Phi) is 6.83. The fourth-order valence-electron chi connectivity index (χ4n) is 7.00. The van der Waals surface area contributed by atoms with Crippen molar-refractivity contribution in [1.29, 1.82) is 0 Å². The Bertz CT molecular complexity index is 2670. The van der Waals surface area contributed by atoms with E-state index >= 15 is 0 Å². The lowest BCUT2D eigenvalue weighted by Crippen LogP contribution is -1.93. The maximum atomic E-state index is 5.08. The lowest BCUT2D eigenvalue weighted by Gasteiger charge is -2.15. The molecule has 0 amide bonds. The molecule has 232 valence electrons. The number of aryl methyl sites for hydroxylation is 2. The third-order valence-corrected chi connectivity index (χ3v) is 9.31. The molecule has 0 saturated carbocycles. The number of rotatable bonds is 5. The highest BCUT2D eigenvalue weighted by Crippen LogP contribution is 2.39. The van der Waals surface area contributed by atoms with Crippen LogP contribution in [0.2, 0.25) is 0 Å². The summed E-state index contributed by atoms with van der Waals surface area (Å²) >= 11 is 0. The Labute approximate surface area is 284 Å². The highest BCUT2D eigenvalue weighted by Gasteiger charge is 2.17. The predicted molar refractivity (Wildman–Crippen MR) is 200 cm³/mol. The third kappa shape index (κ3) is 5.04. The van der Waals surface area contributed by atoms with E-state index in [1.807, 2.05) is 43.6 Å². The van der Waals surface area contributed by atoms with E-state index < -0.39 is 0 Å². The van der Waals surface area contributed by atoms with Gasteiger partial charge in [-0.3, -0.25) is 19.4 Å². The average molecular weight is 630 g/mol. The Morgan fingerprint density at radius 2 is 1.20 bits per heavy atom. The molecule has 9 aromatic rings. The zero-order valence-electron chi connectivity index (χ0n) is 27.2. The molecule has 5 nitrogen and oxygen atoms in total. The Balaban J connectivity index is 1.22. The zero-order valence-corrected chi connectivity index (χ0v) is 27.2. The molecular formula is C44H31N5. The van der Waals surface area contributed by atoms with Gasteiger partial charge >= 0.3 is 0 Å². The first-order valence-corrected chi connectivity index (χ1v) is 16.5. The van der Waals surface area contributed by atoms with Crippen LogP contribution in [-0.2, 0) is 0 Å². The summed E-state index contributed by atoms with van der Waals surface area (Å²) in [5, 5.41) is 2.14. The molecule has 0 radical (unpaired) electrons. The minimum atomic E-state index is 0.904. The molecule has 9 rings (SSSR count). The van der Waals surface area contributed by atoms with Gasteiger partial charge < -0.3 is 0 Å². The fourth-order valence-corrected chi connectivity index (χ4v) is 7.00. The lowest BCUT2D eigenvalue weighted by molar-refractivity contribution is 1.13. The molecule has 5 heteroatoms. The average Bonchev–Trinajstić information content (AvgIpc) is 3.54. The standard InChI is InChI=1S/C44H31N5/c1-28-15-20-37(29(2)47-28)35-24-34(25-36(26-35)39-27-33-12-8-21-45-41(33)43-38(39)13-9-22-46-43)30-16-18-31(19-17-30)42-44(32-10-4-3-5-11-32)49-23-7-6-14-40(49)48-42/h3-27H,1-2H3. The normalized spacial score (nSPS) is 11.5. The maximum absolute atomic E-state index is 5.08. The number of fused-ring (bicyclic) bond motifs is 4. The van der Waals surface area contributed by atoms with Gasteiger partial charge in [0.25, 0.3) is 0 Å². The van der Waals surface area contributed by atoms with Gasteiger partial charge in [0.1, 0.15) is 5.65 Å². The van der Waals surface area contributed by atoms with Crippen molar-refractivity contribution in [2.75, 3.05) is 0 Å². The second kappa shape index (κ2) is 11.7. The van der Waals surface area contributed by atoms with Gasteiger partial charge in [0.15, 0.2) is 0 Å². The Morgan fingerprint density at radius 1 is 0.490 bits per heavy atom. The molecule has 0 spiro atoms. The molecule has 0 N–H and O–H groups in total. The molecule has 0 aliphatic rings. The van der Waals surface area contributed by atoms with Crippen molar-refractivity contribution in [3.8, 4) is 55.9 Å². The third-order valence-electron chi connectivity index (χ3n) is 9.31. The van der Waals surface area contributed by atoms with Gasteiger partial charge in [-0.05, 0) is 96.3 Å². The number of nitrogens with zero attached hydrogens (tertiary/aromatic N) is 5. The summed E-state index contributed by atoms with van der Waals surface area (Å²) < 4.78 is 2.17. The van der Waals surface area contributed by atoms with Crippen molar-refractivity contribution in [3.05, 3.63) is 163 Å². The summed E-state index contributed by atoms with van der Waals surface area (Å²) in [4.78, 5) is 19.4. The second-order valence-corrected chi connectivity index (χ2v) is 12.5. The van der Waals surface area contributed by atoms with Crippen molar-refractivity contribution in [2.24, 2.45) is 0 Å². The zero-order chi connectivity index (χ0) is 32.9. The largest absolute Gasteiger partial charge is 0.299 e. The van der Waals surface area contributed by atoms with Gasteiger partial charge in [-0.15, -0.1) is 0 Å². The first-order valence-electron chi connectivity index (χ1n) is 16.5. The quantitative estimate of drug-likeness (QED) is 0.178. The smallest absolute Gasteiger partial charge is 0.137 e. The van der Waals surface area contributed by atoms with Crippen molar-refractivity contribution in [2.45, 2.75) is 13.8 Å². The Morgan fingerprint density at radius 3 is 2.02 bits per heavy atom. The van der Waals surface area contributed by atoms with Crippen LogP contribution in [-0.4, -0.2) is 24.3 Å². The van der Waals surface area contributed by atoms with Crippen LogP contribution in [0.5, 0.6) is 0 Å². The van der Waals surface area contributed by atoms with Crippen LogP contribution in [0.4, 0.5) is 0 Å². The summed E-state index contributed by atoms with van der Waals surface area (Å²) in [6.45, 7) is 4.12. The molecule has 5 aromatic heterocycles. The second-order valence-electron chi connectivity index (χ2n) is 12.5. The number of imidazole rings is 1. The van der Waals surface area contributed by atoms with Gasteiger partial charge in [0.05, 0.1) is 22.4 Å². The van der Waals surface area contributed by atoms with Crippen LogP contribution >= 0.6 is 0 Å². The summed E-state index contributed by atoms with van der Waals surface area (Å²) in [7, 11) is 0. The monoisotopic (exact) mass is 629 g/mol. The SMILES string of the molecule is Cc1ccc(-c2cc(-c3ccc(-c4nc5ccccn5c4-c4ccccc4)cc3)cc(-c3cc4cccnc4c4ncccc34)c2)c(C)n1. The van der Waals surface area contributed by atoms with E-state index in [4.69, 9.17) is 15.0 Å². The highest BCUT2D eigenvalue weighted by atomic mass is 15.0. The summed E-state index contributed by atoms with van der Waals surface area (Å²) in [5.74, 6) is 0. The molecule has 4 aromatic carbocycles. The molecule has 0 bridgehead atoms. The topological polar surface area (TPSA) is 56.0 Å². The fraction of sp³-hybridized carbons (Fsp3) is 0.0455. The van der Waals surface area contributed by atoms with Gasteiger partial charge in [-0.1, -0.05) is 78.9 Å². The van der Waals surface area contributed by atoms with Gasteiger partial charge in [0.2, 0.25) is 0 Å². The van der Waals surface area contributed by atoms with Gasteiger partial charge in [-0.25, -0.2) is 4.98 Å². The van der Waals surface area contributed by atoms with E-state index in [1.165, 1.54) is 0 Å². The molecule has 49 heavy (non-hydrogen) atoms. The van der Waals surface area contributed by atoms with Gasteiger partial charge in [0, 0.05) is 57.4 Å². The van der Waals surface area contributed by atoms with Crippen LogP contribution < -0.4 is 0 Å². The van der Waals surface area contributed by atoms with E-state index in [2.05, 4.69) is 132 Å². The van der Waals surface area contributed by atoms with Crippen LogP contribution in [0.25, 0.3) is 83.3 Å². The van der Waals surface area contributed by atoms with Gasteiger partial charge in [-0.2, -0.15) is 0 Å². The molecule has 5 heterocycles. The number of aromatic nitrogens is 5. The maximum Gasteiger partial charge on any atom is 0.137 e. The molecule has 0 unspecified atom stereocenters. The molecule has 0 aliphatic heterocycles. The molecule has 0 fully saturated rings. The summed E-state index contributed by atoms with van der Waals surface area (Å²) in [6, 6.07) is 47.0. The molecule has 0 aliphatic carbocycles. The summed E-state index contributed by atoms with van der Waals surface area (Å²) in [5.41, 5.74) is 15.7. The Hall–Kier alpha value is -6.46. The van der Waals surface area contributed by atoms with E-state index in [9.17, 15) is 0 Å². The summed E-state index contributed by atoms with van der Waals surface area (Å²) in [6.07, 6.45) is 5.76. The van der Waals surface area contributed by atoms with Crippen LogP contribution in [0.15, 0.2) is 152 Å². The minimum absolute atomic E-state index is 0.904. The van der Waals surface area contributed by atoms with Crippen molar-refractivity contribution in [1.82, 2.24) is 24.3 Å². The van der Waals surface area contributed by atoms with E-state index in [1.54, 1.807) is 0 Å². The van der Waals surface area contributed by atoms with Crippen LogP contribution in [0, 0.1) is 13.8 Å². The highest BCUT2D eigenvalue weighted by molar-refractivity contribution is 6.10. The number of pyridine rings is 4. The molecule has 0 saturated heterocycles. The van der Waals surface area contributed by atoms with Crippen LogP contribution in [0.3, 0.4) is 0 Å². The molecule has 0 atom stereocenters. The van der Waals surface area contributed by atoms with Crippen molar-refractivity contribution < 1.29 is 0 Å². The van der Waals surface area contributed by atoms with Crippen LogP contribution in [0.1, 0.15) is 11.4 Å². The van der Waals surface area contributed by atoms with Crippen molar-refractivity contribution >= 4 is 27.5 Å². The number of hydrogen-bond acceptors (Lipinski definition) is 4. The van der Waals surface area contributed by atoms with E-state index in [0.717, 1.165) is 94.7 Å². The number of benzene rings is 4. The minimum Gasteiger partial charge on any atom is -0.299 e. The lowest BCUT2D eigenvalue weighted by atomic mass is 9.90. The number of hydrogen-bond donors (Lipinski definition) is 0. The van der Waals surface area contributed by atoms with Crippen molar-refractivity contribution in [3.63, 3.8) is 0 Å². The molecular weight excluding hydrogens is 599 g/mol. The first-order chi connectivity index (χ1) is 24.1. The predicted octanol–water partition coefficient (Wildman–Crippen LogP) is 10.8. The van der Waals surface area contributed by atoms with E-state index in [-0.39, 0.29) is 0 Å². The first kappa shape index (κ1) is 28.7.